The summed E-state index contributed by atoms with van der Waals surface area (Å²) in [6.45, 7) is 2.53. The van der Waals surface area contributed by atoms with Crippen LogP contribution in [-0.2, 0) is 22.9 Å². The van der Waals surface area contributed by atoms with Gasteiger partial charge in [0.2, 0.25) is 10.0 Å². The molecule has 0 aliphatic heterocycles. The molecule has 0 unspecified atom stereocenters. The second-order valence-corrected chi connectivity index (χ2v) is 7.97. The Morgan fingerprint density at radius 3 is 2.62 bits per heavy atom. The van der Waals surface area contributed by atoms with E-state index in [9.17, 15) is 8.42 Å². The van der Waals surface area contributed by atoms with Crippen LogP contribution in [0.15, 0.2) is 47.4 Å². The van der Waals surface area contributed by atoms with Crippen molar-refractivity contribution in [2.45, 2.75) is 37.5 Å². The number of aryl methyl sites for hydroxylation is 3. The molecular weight excluding hydrogens is 322 g/mol. The molecule has 1 N–H and O–H groups in total. The van der Waals surface area contributed by atoms with E-state index < -0.39 is 10.0 Å². The Bertz CT molecular complexity index is 815. The molecule has 2 aromatic carbocycles. The molecule has 2 aromatic rings. The highest BCUT2D eigenvalue weighted by Gasteiger charge is 2.17. The summed E-state index contributed by atoms with van der Waals surface area (Å²) in [5.41, 5.74) is 3.56. The van der Waals surface area contributed by atoms with Gasteiger partial charge in [0.25, 0.3) is 0 Å². The van der Waals surface area contributed by atoms with E-state index in [1.807, 2.05) is 43.3 Å². The third-order valence-electron chi connectivity index (χ3n) is 4.28. The molecule has 0 heterocycles. The number of fused-ring (bicyclic) bond motifs is 1. The lowest BCUT2D eigenvalue weighted by Crippen LogP contribution is -2.28. The Morgan fingerprint density at radius 2 is 1.83 bits per heavy atom. The lowest BCUT2D eigenvalue weighted by Gasteiger charge is -2.16. The summed E-state index contributed by atoms with van der Waals surface area (Å²) in [7, 11) is -3.49. The lowest BCUT2D eigenvalue weighted by molar-refractivity contribution is 0.322. The van der Waals surface area contributed by atoms with Crippen LogP contribution in [0, 0.1) is 6.92 Å². The largest absolute Gasteiger partial charge is 0.492 e. The van der Waals surface area contributed by atoms with Gasteiger partial charge in [-0.05, 0) is 73.6 Å². The summed E-state index contributed by atoms with van der Waals surface area (Å²) in [4.78, 5) is 0.346. The number of sulfonamides is 1. The summed E-state index contributed by atoms with van der Waals surface area (Å²) >= 11 is 0. The number of nitrogens with one attached hydrogen (secondary N) is 1. The molecule has 4 nitrogen and oxygen atoms in total. The topological polar surface area (TPSA) is 55.4 Å². The zero-order chi connectivity index (χ0) is 17.0. The molecule has 24 heavy (non-hydrogen) atoms. The van der Waals surface area contributed by atoms with Crippen molar-refractivity contribution in [3.05, 3.63) is 59.2 Å². The maximum Gasteiger partial charge on any atom is 0.240 e. The fraction of sp³-hybridized carbons (Fsp3) is 0.368. The van der Waals surface area contributed by atoms with Gasteiger partial charge in [-0.2, -0.15) is 0 Å². The van der Waals surface area contributed by atoms with E-state index in [0.717, 1.165) is 30.6 Å². The smallest absolute Gasteiger partial charge is 0.240 e. The second-order valence-electron chi connectivity index (χ2n) is 6.20. The van der Waals surface area contributed by atoms with Gasteiger partial charge >= 0.3 is 0 Å². The van der Waals surface area contributed by atoms with Crippen LogP contribution >= 0.6 is 0 Å². The lowest BCUT2D eigenvalue weighted by atomic mass is 9.92. The highest BCUT2D eigenvalue weighted by atomic mass is 32.2. The molecular formula is C19H23NO3S. The molecule has 0 saturated heterocycles. The standard InChI is InChI=1S/C19H23NO3S/c1-15-5-4-8-18(13-15)23-12-11-20-24(21,22)19-10-9-16-6-2-3-7-17(16)14-19/h4-5,8-10,13-14,20H,2-3,6-7,11-12H2,1H3. The van der Waals surface area contributed by atoms with Crippen LogP contribution in [0.2, 0.25) is 0 Å². The summed E-state index contributed by atoms with van der Waals surface area (Å²) in [5, 5.41) is 0. The van der Waals surface area contributed by atoms with Gasteiger partial charge in [-0.1, -0.05) is 18.2 Å². The molecule has 0 atom stereocenters. The minimum atomic E-state index is -3.49. The van der Waals surface area contributed by atoms with Crippen molar-refractivity contribution < 1.29 is 13.2 Å². The molecule has 0 aromatic heterocycles. The quantitative estimate of drug-likeness (QED) is 0.818. The third-order valence-corrected chi connectivity index (χ3v) is 5.74. The van der Waals surface area contributed by atoms with Crippen LogP contribution in [0.25, 0.3) is 0 Å². The Balaban J connectivity index is 1.58. The molecule has 1 aliphatic rings. The first-order chi connectivity index (χ1) is 11.5. The van der Waals surface area contributed by atoms with Crippen LogP contribution < -0.4 is 9.46 Å². The Hall–Kier alpha value is -1.85. The van der Waals surface area contributed by atoms with E-state index in [0.29, 0.717) is 11.5 Å². The van der Waals surface area contributed by atoms with E-state index in [1.165, 1.54) is 17.5 Å². The van der Waals surface area contributed by atoms with Gasteiger partial charge in [0.15, 0.2) is 0 Å². The first-order valence-electron chi connectivity index (χ1n) is 8.35. The summed E-state index contributed by atoms with van der Waals surface area (Å²) in [6, 6.07) is 13.2. The Kier molecular flexibility index (Phi) is 5.21. The summed E-state index contributed by atoms with van der Waals surface area (Å²) in [5.74, 6) is 0.753. The summed E-state index contributed by atoms with van der Waals surface area (Å²) in [6.07, 6.45) is 4.34. The molecule has 5 heteroatoms. The first kappa shape index (κ1) is 17.0. The Labute approximate surface area is 143 Å². The molecule has 0 fully saturated rings. The van der Waals surface area contributed by atoms with Gasteiger partial charge in [-0.25, -0.2) is 13.1 Å². The molecule has 0 spiro atoms. The molecule has 3 rings (SSSR count). The summed E-state index contributed by atoms with van der Waals surface area (Å²) < 4.78 is 33.0. The average molecular weight is 345 g/mol. The van der Waals surface area contributed by atoms with E-state index in [2.05, 4.69) is 4.72 Å². The average Bonchev–Trinajstić information content (AvgIpc) is 2.58. The van der Waals surface area contributed by atoms with Crippen molar-refractivity contribution >= 4 is 10.0 Å². The maximum absolute atomic E-state index is 12.4. The SMILES string of the molecule is Cc1cccc(OCCNS(=O)(=O)c2ccc3c(c2)CCCC3)c1. The molecule has 1 aliphatic carbocycles. The zero-order valence-electron chi connectivity index (χ0n) is 13.9. The van der Waals surface area contributed by atoms with Crippen LogP contribution in [0.5, 0.6) is 5.75 Å². The third kappa shape index (κ3) is 4.16. The van der Waals surface area contributed by atoms with E-state index in [4.69, 9.17) is 4.74 Å². The van der Waals surface area contributed by atoms with Crippen LogP contribution in [0.4, 0.5) is 0 Å². The van der Waals surface area contributed by atoms with Crippen molar-refractivity contribution in [3.8, 4) is 5.75 Å². The highest BCUT2D eigenvalue weighted by molar-refractivity contribution is 7.89. The number of benzene rings is 2. The van der Waals surface area contributed by atoms with Gasteiger partial charge in [-0.15, -0.1) is 0 Å². The van der Waals surface area contributed by atoms with E-state index in [-0.39, 0.29) is 6.54 Å². The number of rotatable bonds is 6. The van der Waals surface area contributed by atoms with Crippen LogP contribution in [-0.4, -0.2) is 21.6 Å². The monoisotopic (exact) mass is 345 g/mol. The van der Waals surface area contributed by atoms with Crippen molar-refractivity contribution in [1.82, 2.24) is 4.72 Å². The fourth-order valence-corrected chi connectivity index (χ4v) is 4.07. The second kappa shape index (κ2) is 7.36. The number of ether oxygens (including phenoxy) is 1. The van der Waals surface area contributed by atoms with Gasteiger partial charge in [-0.3, -0.25) is 0 Å². The molecule has 0 bridgehead atoms. The van der Waals surface area contributed by atoms with E-state index in [1.54, 1.807) is 6.07 Å². The molecule has 128 valence electrons. The Morgan fingerprint density at radius 1 is 1.04 bits per heavy atom. The van der Waals surface area contributed by atoms with Gasteiger partial charge in [0.1, 0.15) is 12.4 Å². The van der Waals surface area contributed by atoms with Crippen LogP contribution in [0.3, 0.4) is 0 Å². The van der Waals surface area contributed by atoms with E-state index >= 15 is 0 Å². The first-order valence-corrected chi connectivity index (χ1v) is 9.84. The maximum atomic E-state index is 12.4. The van der Waals surface area contributed by atoms with Crippen molar-refractivity contribution in [2.24, 2.45) is 0 Å². The highest BCUT2D eigenvalue weighted by Crippen LogP contribution is 2.24. The predicted octanol–water partition coefficient (Wildman–Crippen LogP) is 3.23. The van der Waals surface area contributed by atoms with Gasteiger partial charge in [0, 0.05) is 6.54 Å². The van der Waals surface area contributed by atoms with Crippen molar-refractivity contribution in [3.63, 3.8) is 0 Å². The molecule has 0 radical (unpaired) electrons. The van der Waals surface area contributed by atoms with Crippen molar-refractivity contribution in [1.29, 1.82) is 0 Å². The number of hydrogen-bond donors (Lipinski definition) is 1. The minimum Gasteiger partial charge on any atom is -0.492 e. The molecule has 0 amide bonds. The van der Waals surface area contributed by atoms with Crippen LogP contribution in [0.1, 0.15) is 29.5 Å². The van der Waals surface area contributed by atoms with Crippen molar-refractivity contribution in [2.75, 3.05) is 13.2 Å². The fourth-order valence-electron chi connectivity index (χ4n) is 3.01. The normalized spacial score (nSPS) is 14.2. The van der Waals surface area contributed by atoms with Gasteiger partial charge < -0.3 is 4.74 Å². The predicted molar refractivity (Wildman–Crippen MR) is 94.9 cm³/mol. The number of hydrogen-bond acceptors (Lipinski definition) is 3. The van der Waals surface area contributed by atoms with Gasteiger partial charge in [0.05, 0.1) is 4.90 Å². The molecule has 0 saturated carbocycles. The minimum absolute atomic E-state index is 0.243. The zero-order valence-corrected chi connectivity index (χ0v) is 14.7.